The first kappa shape index (κ1) is 21.9. The molecule has 0 radical (unpaired) electrons. The van der Waals surface area contributed by atoms with Gasteiger partial charge in [0.15, 0.2) is 0 Å². The first-order valence-corrected chi connectivity index (χ1v) is 9.28. The highest BCUT2D eigenvalue weighted by Crippen LogP contribution is 2.32. The Labute approximate surface area is 171 Å². The van der Waals surface area contributed by atoms with Gasteiger partial charge in [0, 0.05) is 31.7 Å². The van der Waals surface area contributed by atoms with Crippen LogP contribution in [0.25, 0.3) is 0 Å². The lowest BCUT2D eigenvalue weighted by Crippen LogP contribution is -2.71. The number of allylic oxidation sites excluding steroid dienone is 8. The largest absolute Gasteiger partial charge is 0.457 e. The van der Waals surface area contributed by atoms with Gasteiger partial charge in [0.05, 0.1) is 0 Å². The van der Waals surface area contributed by atoms with Gasteiger partial charge in [0.25, 0.3) is 0 Å². The van der Waals surface area contributed by atoms with Gasteiger partial charge in [0.2, 0.25) is 11.6 Å². The van der Waals surface area contributed by atoms with Crippen LogP contribution in [0.15, 0.2) is 73.4 Å². The number of ether oxygens (including phenoxy) is 1. The van der Waals surface area contributed by atoms with E-state index in [1.807, 2.05) is 0 Å². The third-order valence-corrected chi connectivity index (χ3v) is 4.07. The molecule has 1 amide bonds. The highest BCUT2D eigenvalue weighted by Gasteiger charge is 2.56. The Hall–Kier alpha value is -3.35. The molecule has 7 nitrogen and oxygen atoms in total. The molecule has 1 atom stereocenters. The van der Waals surface area contributed by atoms with Gasteiger partial charge in [-0.1, -0.05) is 24.3 Å². The normalized spacial score (nSPS) is 17.0. The van der Waals surface area contributed by atoms with Crippen LogP contribution < -0.4 is 5.32 Å². The maximum Gasteiger partial charge on any atom is 0.357 e. The molecule has 1 N–H and O–H groups in total. The summed E-state index contributed by atoms with van der Waals surface area (Å²) >= 11 is 0. The van der Waals surface area contributed by atoms with Gasteiger partial charge >= 0.3 is 5.97 Å². The minimum absolute atomic E-state index is 0.447. The number of aldehydes is 1. The molecule has 1 unspecified atom stereocenters. The summed E-state index contributed by atoms with van der Waals surface area (Å²) in [7, 11) is 0. The molecule has 29 heavy (non-hydrogen) atoms. The van der Waals surface area contributed by atoms with Crippen LogP contribution >= 0.6 is 0 Å². The van der Waals surface area contributed by atoms with Gasteiger partial charge in [-0.15, -0.1) is 0 Å². The van der Waals surface area contributed by atoms with Gasteiger partial charge < -0.3 is 24.6 Å². The molecule has 0 aromatic rings. The number of rotatable bonds is 6. The van der Waals surface area contributed by atoms with Crippen molar-refractivity contribution in [3.05, 3.63) is 73.4 Å². The monoisotopic (exact) mass is 397 g/mol. The maximum atomic E-state index is 13.7. The van der Waals surface area contributed by atoms with Crippen molar-refractivity contribution < 1.29 is 19.1 Å². The second kappa shape index (κ2) is 9.23. The molecule has 2 heterocycles. The van der Waals surface area contributed by atoms with Crippen LogP contribution in [0.4, 0.5) is 0 Å². The minimum atomic E-state index is -1.74. The number of carbonyl (C=O) groups excluding carboxylic acids is 3. The summed E-state index contributed by atoms with van der Waals surface area (Å²) in [4.78, 5) is 40.9. The van der Waals surface area contributed by atoms with E-state index in [4.69, 9.17) is 4.74 Å². The van der Waals surface area contributed by atoms with Crippen molar-refractivity contribution >= 4 is 18.2 Å². The highest BCUT2D eigenvalue weighted by atomic mass is 16.6. The summed E-state index contributed by atoms with van der Waals surface area (Å²) in [5, 5.41) is 2.61. The third kappa shape index (κ3) is 5.13. The van der Waals surface area contributed by atoms with Crippen LogP contribution in [0, 0.1) is 0 Å². The number of nitrogens with one attached hydrogen (secondary N) is 1. The molecule has 0 fully saturated rings. The zero-order valence-electron chi connectivity index (χ0n) is 17.1. The van der Waals surface area contributed by atoms with E-state index in [1.54, 1.807) is 104 Å². The van der Waals surface area contributed by atoms with Crippen LogP contribution in [0.3, 0.4) is 0 Å². The predicted octanol–water partition coefficient (Wildman–Crippen LogP) is 2.53. The van der Waals surface area contributed by atoms with Gasteiger partial charge in [-0.2, -0.15) is 0 Å². The Kier molecular flexibility index (Phi) is 6.98. The molecule has 0 spiro atoms. The fourth-order valence-corrected chi connectivity index (χ4v) is 2.97. The molecular weight excluding hydrogens is 370 g/mol. The van der Waals surface area contributed by atoms with E-state index in [0.717, 1.165) is 0 Å². The van der Waals surface area contributed by atoms with Crippen molar-refractivity contribution in [2.24, 2.45) is 0 Å². The zero-order chi connectivity index (χ0) is 21.5. The molecule has 0 bridgehead atoms. The Balaban J connectivity index is 2.76. The summed E-state index contributed by atoms with van der Waals surface area (Å²) in [6.07, 6.45) is 21.3. The van der Waals surface area contributed by atoms with E-state index in [9.17, 15) is 14.4 Å². The number of hydrogen-bond donors (Lipinski definition) is 1. The molecule has 0 aliphatic carbocycles. The van der Waals surface area contributed by atoms with Crippen molar-refractivity contribution in [3.63, 3.8) is 0 Å². The van der Waals surface area contributed by atoms with Crippen molar-refractivity contribution in [1.82, 2.24) is 15.1 Å². The second-order valence-electron chi connectivity index (χ2n) is 7.49. The van der Waals surface area contributed by atoms with E-state index >= 15 is 0 Å². The molecule has 2 rings (SSSR count). The average Bonchev–Trinajstić information content (AvgIpc) is 3.05. The predicted molar refractivity (Wildman–Crippen MR) is 111 cm³/mol. The second-order valence-corrected chi connectivity index (χ2v) is 7.49. The van der Waals surface area contributed by atoms with Crippen LogP contribution in [0.5, 0.6) is 0 Å². The SMILES string of the molecule is CC(=O)NC(C=O)C(C(=O)OC(C)(C)C)(N1C=CC=CC=C1)N1C=CC=CC=C1. The summed E-state index contributed by atoms with van der Waals surface area (Å²) in [5.41, 5.74) is -2.56. The lowest BCUT2D eigenvalue weighted by Gasteiger charge is -2.48. The molecule has 0 aromatic heterocycles. The molecule has 2 aliphatic heterocycles. The minimum Gasteiger partial charge on any atom is -0.457 e. The average molecular weight is 397 g/mol. The topological polar surface area (TPSA) is 78.9 Å². The molecule has 154 valence electrons. The molecule has 0 saturated heterocycles. The lowest BCUT2D eigenvalue weighted by molar-refractivity contribution is -0.178. The molecule has 7 heteroatoms. The van der Waals surface area contributed by atoms with E-state index in [-0.39, 0.29) is 0 Å². The summed E-state index contributed by atoms with van der Waals surface area (Å²) < 4.78 is 5.75. The zero-order valence-corrected chi connectivity index (χ0v) is 17.1. The van der Waals surface area contributed by atoms with Crippen molar-refractivity contribution in [1.29, 1.82) is 0 Å². The quantitative estimate of drug-likeness (QED) is 0.548. The van der Waals surface area contributed by atoms with Crippen LogP contribution in [0.2, 0.25) is 0 Å². The smallest absolute Gasteiger partial charge is 0.357 e. The van der Waals surface area contributed by atoms with E-state index in [2.05, 4.69) is 5.32 Å². The Morgan fingerprint density at radius 1 is 0.862 bits per heavy atom. The third-order valence-electron chi connectivity index (χ3n) is 4.07. The molecule has 0 aromatic carbocycles. The van der Waals surface area contributed by atoms with Gasteiger partial charge in [-0.05, 0) is 45.1 Å². The fourth-order valence-electron chi connectivity index (χ4n) is 2.97. The molecule has 0 saturated carbocycles. The van der Waals surface area contributed by atoms with Crippen molar-refractivity contribution in [2.75, 3.05) is 0 Å². The Morgan fingerprint density at radius 2 is 1.28 bits per heavy atom. The Morgan fingerprint density at radius 3 is 1.59 bits per heavy atom. The summed E-state index contributed by atoms with van der Waals surface area (Å²) in [6, 6.07) is -1.24. The summed E-state index contributed by atoms with van der Waals surface area (Å²) in [5.74, 6) is -1.14. The van der Waals surface area contributed by atoms with Gasteiger partial charge in [-0.25, -0.2) is 4.79 Å². The van der Waals surface area contributed by atoms with E-state index in [0.29, 0.717) is 6.29 Å². The first-order valence-electron chi connectivity index (χ1n) is 9.28. The maximum absolute atomic E-state index is 13.7. The van der Waals surface area contributed by atoms with Gasteiger partial charge in [0.1, 0.15) is 17.9 Å². The number of esters is 1. The number of hydrogen-bond acceptors (Lipinski definition) is 6. The highest BCUT2D eigenvalue weighted by molar-refractivity contribution is 5.90. The van der Waals surface area contributed by atoms with Crippen molar-refractivity contribution in [2.45, 2.75) is 45.0 Å². The number of amides is 1. The van der Waals surface area contributed by atoms with E-state index < -0.39 is 29.2 Å². The lowest BCUT2D eigenvalue weighted by atomic mass is 9.96. The molecule has 2 aliphatic rings. The van der Waals surface area contributed by atoms with Crippen LogP contribution in [-0.2, 0) is 19.1 Å². The Bertz CT molecular complexity index is 742. The number of carbonyl (C=O) groups is 3. The number of nitrogens with zero attached hydrogens (tertiary/aromatic N) is 2. The van der Waals surface area contributed by atoms with Gasteiger partial charge in [-0.3, -0.25) is 4.79 Å². The standard InChI is InChI=1S/C22H27N3O4/c1-18(27)23-19(17-26)22(20(28)29-21(2,3)4,24-13-9-5-6-10-14-24)25-15-11-7-8-12-16-25/h5-17,19H,1-4H3,(H,23,27). The van der Waals surface area contributed by atoms with Crippen molar-refractivity contribution in [3.8, 4) is 0 Å². The van der Waals surface area contributed by atoms with Crippen LogP contribution in [-0.4, -0.2) is 45.3 Å². The first-order chi connectivity index (χ1) is 13.7. The van der Waals surface area contributed by atoms with E-state index in [1.165, 1.54) is 6.92 Å². The summed E-state index contributed by atoms with van der Waals surface area (Å²) in [6.45, 7) is 6.53. The molecular formula is C22H27N3O4. The van der Waals surface area contributed by atoms with Crippen LogP contribution in [0.1, 0.15) is 27.7 Å². The fraction of sp³-hybridized carbons (Fsp3) is 0.318.